The second kappa shape index (κ2) is 7.21. The molecule has 0 saturated carbocycles. The second-order valence-electron chi connectivity index (χ2n) is 4.93. The Kier molecular flexibility index (Phi) is 5.01. The summed E-state index contributed by atoms with van der Waals surface area (Å²) in [5.74, 6) is 2.00. The number of ether oxygens (including phenoxy) is 3. The summed E-state index contributed by atoms with van der Waals surface area (Å²) in [6, 6.07) is 8.53. The van der Waals surface area contributed by atoms with Crippen molar-refractivity contribution in [3.8, 4) is 40.1 Å². The van der Waals surface area contributed by atoms with Crippen molar-refractivity contribution in [1.29, 1.82) is 0 Å². The molecule has 130 valence electrons. The molecule has 2 aromatic carbocycles. The van der Waals surface area contributed by atoms with Crippen LogP contribution in [0.3, 0.4) is 0 Å². The summed E-state index contributed by atoms with van der Waals surface area (Å²) in [6.45, 7) is 0. The number of rotatable bonds is 5. The lowest BCUT2D eigenvalue weighted by molar-refractivity contribution is 0.324. The smallest absolute Gasteiger partial charge is 0.262 e. The van der Waals surface area contributed by atoms with Gasteiger partial charge in [0.15, 0.2) is 11.5 Å². The lowest BCUT2D eigenvalue weighted by Crippen LogP contribution is -1.97. The van der Waals surface area contributed by atoms with Crippen LogP contribution in [0, 0.1) is 0 Å². The Hall–Kier alpha value is -2.44. The van der Waals surface area contributed by atoms with E-state index in [1.54, 1.807) is 37.4 Å². The topological polar surface area (TPSA) is 66.6 Å². The Morgan fingerprint density at radius 3 is 2.24 bits per heavy atom. The Balaban J connectivity index is 2.08. The van der Waals surface area contributed by atoms with Crippen LogP contribution in [0.25, 0.3) is 22.8 Å². The van der Waals surface area contributed by atoms with Crippen LogP contribution < -0.4 is 14.2 Å². The van der Waals surface area contributed by atoms with Crippen LogP contribution in [0.1, 0.15) is 0 Å². The molecule has 0 saturated heterocycles. The van der Waals surface area contributed by atoms with Gasteiger partial charge in [-0.1, -0.05) is 28.4 Å². The molecule has 1 heterocycles. The van der Waals surface area contributed by atoms with Crippen molar-refractivity contribution in [2.45, 2.75) is 0 Å². The maximum atomic E-state index is 6.20. The quantitative estimate of drug-likeness (QED) is 0.636. The molecule has 8 heteroatoms. The lowest BCUT2D eigenvalue weighted by Gasteiger charge is -2.13. The minimum Gasteiger partial charge on any atom is -0.493 e. The first-order valence-corrected chi connectivity index (χ1v) is 7.93. The van der Waals surface area contributed by atoms with Gasteiger partial charge in [0.1, 0.15) is 0 Å². The van der Waals surface area contributed by atoms with E-state index in [0.29, 0.717) is 44.2 Å². The highest BCUT2D eigenvalue weighted by atomic mass is 35.5. The lowest BCUT2D eigenvalue weighted by atomic mass is 10.1. The molecule has 0 aliphatic heterocycles. The molecule has 0 atom stereocenters. The van der Waals surface area contributed by atoms with Crippen molar-refractivity contribution in [1.82, 2.24) is 10.1 Å². The van der Waals surface area contributed by atoms with Crippen molar-refractivity contribution < 1.29 is 18.7 Å². The first-order valence-electron chi connectivity index (χ1n) is 7.17. The molecule has 0 aliphatic carbocycles. The molecule has 0 aliphatic rings. The Labute approximate surface area is 154 Å². The van der Waals surface area contributed by atoms with Crippen LogP contribution >= 0.6 is 23.2 Å². The maximum absolute atomic E-state index is 6.20. The van der Waals surface area contributed by atoms with E-state index in [4.69, 9.17) is 41.9 Å². The third-order valence-electron chi connectivity index (χ3n) is 3.53. The molecular formula is C17H14Cl2N2O4. The minimum absolute atomic E-state index is 0.263. The average molecular weight is 381 g/mol. The first kappa shape index (κ1) is 17.4. The van der Waals surface area contributed by atoms with Gasteiger partial charge in [0.25, 0.3) is 5.89 Å². The Bertz CT molecular complexity index is 912. The number of hydrogen-bond acceptors (Lipinski definition) is 6. The molecule has 1 aromatic heterocycles. The van der Waals surface area contributed by atoms with Gasteiger partial charge in [-0.2, -0.15) is 4.98 Å². The summed E-state index contributed by atoms with van der Waals surface area (Å²) in [5.41, 5.74) is 1.18. The van der Waals surface area contributed by atoms with Crippen LogP contribution in [0.2, 0.25) is 10.0 Å². The number of methoxy groups -OCH3 is 3. The molecule has 0 unspecified atom stereocenters. The van der Waals surface area contributed by atoms with E-state index in [-0.39, 0.29) is 5.89 Å². The third kappa shape index (κ3) is 3.23. The van der Waals surface area contributed by atoms with Crippen molar-refractivity contribution in [2.75, 3.05) is 21.3 Å². The number of nitrogens with zero attached hydrogens (tertiary/aromatic N) is 2. The van der Waals surface area contributed by atoms with Gasteiger partial charge in [0.05, 0.1) is 31.9 Å². The molecule has 0 fully saturated rings. The molecule has 0 amide bonds. The summed E-state index contributed by atoms with van der Waals surface area (Å²) >= 11 is 12.1. The zero-order valence-corrected chi connectivity index (χ0v) is 15.2. The fraction of sp³-hybridized carbons (Fsp3) is 0.176. The predicted octanol–water partition coefficient (Wildman–Crippen LogP) is 4.74. The number of hydrogen-bond donors (Lipinski definition) is 0. The van der Waals surface area contributed by atoms with Gasteiger partial charge in [-0.3, -0.25) is 0 Å². The second-order valence-corrected chi connectivity index (χ2v) is 5.77. The highest BCUT2D eigenvalue weighted by Gasteiger charge is 2.22. The molecule has 0 radical (unpaired) electrons. The summed E-state index contributed by atoms with van der Waals surface area (Å²) in [6.07, 6.45) is 0. The summed E-state index contributed by atoms with van der Waals surface area (Å²) < 4.78 is 21.5. The molecule has 25 heavy (non-hydrogen) atoms. The van der Waals surface area contributed by atoms with Gasteiger partial charge in [0, 0.05) is 10.6 Å². The maximum Gasteiger partial charge on any atom is 0.262 e. The van der Waals surface area contributed by atoms with Gasteiger partial charge in [0.2, 0.25) is 11.6 Å². The van der Waals surface area contributed by atoms with E-state index in [2.05, 4.69) is 10.1 Å². The van der Waals surface area contributed by atoms with Crippen molar-refractivity contribution in [3.05, 3.63) is 40.4 Å². The highest BCUT2D eigenvalue weighted by molar-refractivity contribution is 6.36. The molecule has 3 rings (SSSR count). The summed E-state index contributed by atoms with van der Waals surface area (Å²) in [5, 5.41) is 4.94. The van der Waals surface area contributed by atoms with E-state index in [1.165, 1.54) is 14.2 Å². The Morgan fingerprint density at radius 2 is 1.60 bits per heavy atom. The number of halogens is 2. The van der Waals surface area contributed by atoms with Crippen molar-refractivity contribution in [3.63, 3.8) is 0 Å². The van der Waals surface area contributed by atoms with E-state index >= 15 is 0 Å². The molecule has 3 aromatic rings. The van der Waals surface area contributed by atoms with E-state index < -0.39 is 0 Å². The van der Waals surface area contributed by atoms with Crippen LogP contribution in [-0.2, 0) is 0 Å². The van der Waals surface area contributed by atoms with E-state index in [0.717, 1.165) is 0 Å². The average Bonchev–Trinajstić information content (AvgIpc) is 3.09. The SMILES string of the molecule is COc1ccc(-c2nc(-c3ccc(Cl)cc3Cl)no2)c(OC)c1OC. The largest absolute Gasteiger partial charge is 0.493 e. The zero-order valence-electron chi connectivity index (χ0n) is 13.7. The number of benzene rings is 2. The molecule has 6 nitrogen and oxygen atoms in total. The van der Waals surface area contributed by atoms with Crippen LogP contribution in [-0.4, -0.2) is 31.5 Å². The van der Waals surface area contributed by atoms with E-state index in [9.17, 15) is 0 Å². The van der Waals surface area contributed by atoms with Crippen LogP contribution in [0.15, 0.2) is 34.9 Å². The van der Waals surface area contributed by atoms with Gasteiger partial charge in [-0.25, -0.2) is 0 Å². The van der Waals surface area contributed by atoms with Crippen molar-refractivity contribution in [2.24, 2.45) is 0 Å². The molecule has 0 bridgehead atoms. The first-order chi connectivity index (χ1) is 12.1. The summed E-state index contributed by atoms with van der Waals surface area (Å²) in [7, 11) is 4.59. The normalized spacial score (nSPS) is 10.6. The number of aromatic nitrogens is 2. The Morgan fingerprint density at radius 1 is 0.880 bits per heavy atom. The molecular weight excluding hydrogens is 367 g/mol. The molecule has 0 N–H and O–H groups in total. The zero-order chi connectivity index (χ0) is 18.0. The van der Waals surface area contributed by atoms with Gasteiger partial charge in [-0.15, -0.1) is 0 Å². The summed E-state index contributed by atoms with van der Waals surface area (Å²) in [4.78, 5) is 4.40. The van der Waals surface area contributed by atoms with Crippen LogP contribution in [0.4, 0.5) is 0 Å². The molecule has 0 spiro atoms. The van der Waals surface area contributed by atoms with Gasteiger partial charge in [-0.05, 0) is 30.3 Å². The van der Waals surface area contributed by atoms with Gasteiger partial charge >= 0.3 is 0 Å². The fourth-order valence-corrected chi connectivity index (χ4v) is 2.88. The highest BCUT2D eigenvalue weighted by Crippen LogP contribution is 2.44. The van der Waals surface area contributed by atoms with Crippen molar-refractivity contribution >= 4 is 23.2 Å². The minimum atomic E-state index is 0.263. The predicted molar refractivity (Wildman–Crippen MR) is 94.8 cm³/mol. The van der Waals surface area contributed by atoms with Gasteiger partial charge < -0.3 is 18.7 Å². The fourth-order valence-electron chi connectivity index (χ4n) is 2.38. The van der Waals surface area contributed by atoms with Crippen LogP contribution in [0.5, 0.6) is 17.2 Å². The monoisotopic (exact) mass is 380 g/mol. The van der Waals surface area contributed by atoms with E-state index in [1.807, 2.05) is 0 Å². The third-order valence-corrected chi connectivity index (χ3v) is 4.08. The standard InChI is InChI=1S/C17H14Cl2N2O4/c1-22-13-7-6-11(14(23-2)15(13)24-3)17-20-16(21-25-17)10-5-4-9(18)8-12(10)19/h4-8H,1-3H3.